The molecule has 3 aromatic heterocycles. The van der Waals surface area contributed by atoms with Gasteiger partial charge in [-0.3, -0.25) is 18.6 Å². The monoisotopic (exact) mass is 573 g/mol. The van der Waals surface area contributed by atoms with Crippen molar-refractivity contribution in [2.24, 2.45) is 0 Å². The molecule has 0 radical (unpaired) electrons. The maximum Gasteiger partial charge on any atom is 0.341 e. The third-order valence-electron chi connectivity index (χ3n) is 6.84. The second kappa shape index (κ2) is 10.9. The van der Waals surface area contributed by atoms with Crippen LogP contribution in [0.5, 0.6) is 0 Å². The van der Waals surface area contributed by atoms with Gasteiger partial charge in [0, 0.05) is 0 Å². The lowest BCUT2D eigenvalue weighted by atomic mass is 10.1. The minimum atomic E-state index is -0.407. The number of para-hydroxylation sites is 1. The lowest BCUT2D eigenvalue weighted by Gasteiger charge is -2.12. The number of fused-ring (bicyclic) bond motifs is 3. The highest BCUT2D eigenvalue weighted by Crippen LogP contribution is 2.46. The highest BCUT2D eigenvalue weighted by molar-refractivity contribution is 7.99. The molecule has 1 fully saturated rings. The molecule has 0 atom stereocenters. The first-order valence-electron chi connectivity index (χ1n) is 13.1. The molecular weight excluding hydrogens is 546 g/mol. The van der Waals surface area contributed by atoms with Gasteiger partial charge in [0.15, 0.2) is 5.16 Å². The normalized spacial score (nSPS) is 13.2. The summed E-state index contributed by atoms with van der Waals surface area (Å²) in [5.74, 6) is 0.127. The van der Waals surface area contributed by atoms with E-state index in [0.717, 1.165) is 29.5 Å². The summed E-state index contributed by atoms with van der Waals surface area (Å²) >= 11 is 2.57. The van der Waals surface area contributed by atoms with Crippen molar-refractivity contribution < 1.29 is 14.3 Å². The van der Waals surface area contributed by atoms with E-state index in [4.69, 9.17) is 4.74 Å². The summed E-state index contributed by atoms with van der Waals surface area (Å²) in [5.41, 5.74) is 4.05. The van der Waals surface area contributed by atoms with Crippen molar-refractivity contribution in [1.82, 2.24) is 19.2 Å². The number of esters is 1. The van der Waals surface area contributed by atoms with Gasteiger partial charge in [-0.25, -0.2) is 4.79 Å². The molecule has 1 saturated carbocycles. The largest absolute Gasteiger partial charge is 0.462 e. The van der Waals surface area contributed by atoms with Crippen molar-refractivity contribution >= 4 is 56.7 Å². The molecule has 2 aromatic carbocycles. The van der Waals surface area contributed by atoms with Gasteiger partial charge in [0.2, 0.25) is 11.7 Å². The van der Waals surface area contributed by atoms with Gasteiger partial charge in [0.05, 0.1) is 35.4 Å². The van der Waals surface area contributed by atoms with E-state index in [9.17, 15) is 14.4 Å². The number of aromatic nitrogens is 4. The van der Waals surface area contributed by atoms with Gasteiger partial charge in [-0.2, -0.15) is 0 Å². The molecule has 6 rings (SSSR count). The number of nitrogens with one attached hydrogen (secondary N) is 1. The Kier molecular flexibility index (Phi) is 7.16. The first-order chi connectivity index (χ1) is 19.4. The van der Waals surface area contributed by atoms with Crippen LogP contribution in [0.2, 0.25) is 0 Å². The number of thioether (sulfide) groups is 1. The maximum atomic E-state index is 13.5. The van der Waals surface area contributed by atoms with Crippen molar-refractivity contribution in [2.45, 2.75) is 44.3 Å². The molecule has 0 spiro atoms. The summed E-state index contributed by atoms with van der Waals surface area (Å²) in [7, 11) is 0. The fourth-order valence-corrected chi connectivity index (χ4v) is 6.50. The number of hydrogen-bond donors (Lipinski definition) is 1. The number of carbonyl (C=O) groups excluding carboxylic acids is 2. The number of hydrogen-bond acceptors (Lipinski definition) is 8. The Morgan fingerprint density at radius 3 is 2.65 bits per heavy atom. The zero-order chi connectivity index (χ0) is 27.8. The fourth-order valence-electron chi connectivity index (χ4n) is 4.71. The predicted octanol–water partition coefficient (Wildman–Crippen LogP) is 5.25. The van der Waals surface area contributed by atoms with Crippen LogP contribution < -0.4 is 10.9 Å². The minimum Gasteiger partial charge on any atom is -0.462 e. The Balaban J connectivity index is 1.28. The molecule has 1 aliphatic carbocycles. The number of rotatable bonds is 9. The highest BCUT2D eigenvalue weighted by atomic mass is 32.2. The number of anilines is 1. The van der Waals surface area contributed by atoms with E-state index in [-0.39, 0.29) is 23.8 Å². The van der Waals surface area contributed by atoms with Crippen LogP contribution in [0.4, 0.5) is 5.00 Å². The van der Waals surface area contributed by atoms with E-state index in [1.807, 2.05) is 59.2 Å². The van der Waals surface area contributed by atoms with Crippen LogP contribution in [0.15, 0.2) is 63.9 Å². The summed E-state index contributed by atoms with van der Waals surface area (Å²) in [6.07, 6.45) is 2.07. The van der Waals surface area contributed by atoms with Gasteiger partial charge in [0.1, 0.15) is 5.00 Å². The Bertz CT molecular complexity index is 1800. The average molecular weight is 574 g/mol. The Labute approximate surface area is 238 Å². The first kappa shape index (κ1) is 26.3. The quantitative estimate of drug-likeness (QED) is 0.190. The smallest absolute Gasteiger partial charge is 0.341 e. The fraction of sp³-hybridized carbons (Fsp3) is 0.276. The zero-order valence-electron chi connectivity index (χ0n) is 22.0. The summed E-state index contributed by atoms with van der Waals surface area (Å²) in [6, 6.07) is 15.3. The third-order valence-corrected chi connectivity index (χ3v) is 8.68. The second-order valence-corrected chi connectivity index (χ2v) is 11.6. The van der Waals surface area contributed by atoms with E-state index in [2.05, 4.69) is 15.5 Å². The lowest BCUT2D eigenvalue weighted by Crippen LogP contribution is -2.24. The Morgan fingerprint density at radius 2 is 1.90 bits per heavy atom. The van der Waals surface area contributed by atoms with Crippen LogP contribution >= 0.6 is 23.1 Å². The molecule has 0 saturated heterocycles. The molecular formula is C29H27N5O4S2. The highest BCUT2D eigenvalue weighted by Gasteiger charge is 2.32. The van der Waals surface area contributed by atoms with Crippen molar-refractivity contribution in [3.05, 3.63) is 86.5 Å². The summed E-state index contributed by atoms with van der Waals surface area (Å²) in [6.45, 7) is 4.40. The van der Waals surface area contributed by atoms with Gasteiger partial charge in [0.25, 0.3) is 5.56 Å². The zero-order valence-corrected chi connectivity index (χ0v) is 23.7. The SMILES string of the molecule is CCOC(=O)c1c(C2CC2)csc1NC(=O)CSc1nnc2n(Cc3ccc(C)cc3)c(=O)c3ccccc3n12. The van der Waals surface area contributed by atoms with E-state index in [0.29, 0.717) is 44.9 Å². The van der Waals surface area contributed by atoms with Gasteiger partial charge in [-0.1, -0.05) is 53.7 Å². The van der Waals surface area contributed by atoms with Gasteiger partial charge < -0.3 is 10.1 Å². The summed E-state index contributed by atoms with van der Waals surface area (Å²) < 4.78 is 8.70. The topological polar surface area (TPSA) is 108 Å². The Morgan fingerprint density at radius 1 is 1.12 bits per heavy atom. The standard InChI is InChI=1S/C29H27N5O4S2/c1-3-38-27(37)24-21(19-12-13-19)15-39-25(24)30-23(35)16-40-29-32-31-28-33(14-18-10-8-17(2)9-11-18)26(36)20-6-4-5-7-22(20)34(28)29/h4-11,15,19H,3,12-14,16H2,1-2H3,(H,30,35). The molecule has 204 valence electrons. The minimum absolute atomic E-state index is 0.0468. The molecule has 1 aliphatic rings. The molecule has 40 heavy (non-hydrogen) atoms. The van der Waals surface area contributed by atoms with Crippen LogP contribution in [-0.2, 0) is 16.1 Å². The van der Waals surface area contributed by atoms with E-state index in [1.165, 1.54) is 23.1 Å². The van der Waals surface area contributed by atoms with Crippen molar-refractivity contribution in [3.8, 4) is 0 Å². The molecule has 0 aliphatic heterocycles. The van der Waals surface area contributed by atoms with Crippen LogP contribution in [0.25, 0.3) is 16.7 Å². The second-order valence-electron chi connectivity index (χ2n) is 9.74. The number of benzene rings is 2. The third kappa shape index (κ3) is 5.02. The lowest BCUT2D eigenvalue weighted by molar-refractivity contribution is -0.113. The van der Waals surface area contributed by atoms with Crippen LogP contribution in [0.1, 0.15) is 52.7 Å². The molecule has 9 nitrogen and oxygen atoms in total. The first-order valence-corrected chi connectivity index (χ1v) is 14.9. The molecule has 1 amide bonds. The van der Waals surface area contributed by atoms with Crippen LogP contribution in [0, 0.1) is 6.92 Å². The van der Waals surface area contributed by atoms with Crippen LogP contribution in [0.3, 0.4) is 0 Å². The van der Waals surface area contributed by atoms with Crippen LogP contribution in [-0.4, -0.2) is 43.4 Å². The average Bonchev–Trinajstić information content (AvgIpc) is 3.58. The predicted molar refractivity (Wildman–Crippen MR) is 157 cm³/mol. The number of carbonyl (C=O) groups is 2. The van der Waals surface area contributed by atoms with E-state index < -0.39 is 5.97 Å². The Hall–Kier alpha value is -3.96. The molecule has 11 heteroatoms. The van der Waals surface area contributed by atoms with Gasteiger partial charge >= 0.3 is 5.97 Å². The van der Waals surface area contributed by atoms with E-state index in [1.54, 1.807) is 17.6 Å². The van der Waals surface area contributed by atoms with Crippen molar-refractivity contribution in [3.63, 3.8) is 0 Å². The number of aryl methyl sites for hydroxylation is 1. The van der Waals surface area contributed by atoms with Crippen molar-refractivity contribution in [2.75, 3.05) is 17.7 Å². The van der Waals surface area contributed by atoms with E-state index >= 15 is 0 Å². The molecule has 1 N–H and O–H groups in total. The molecule has 0 bridgehead atoms. The van der Waals surface area contributed by atoms with Gasteiger partial charge in [-0.05, 0) is 61.2 Å². The van der Waals surface area contributed by atoms with Gasteiger partial charge in [-0.15, -0.1) is 21.5 Å². The summed E-state index contributed by atoms with van der Waals surface area (Å²) in [4.78, 5) is 39.2. The van der Waals surface area contributed by atoms with Crippen molar-refractivity contribution in [1.29, 1.82) is 0 Å². The number of amides is 1. The summed E-state index contributed by atoms with van der Waals surface area (Å²) in [5, 5.41) is 15.1. The maximum absolute atomic E-state index is 13.5. The number of nitrogens with zero attached hydrogens (tertiary/aromatic N) is 4. The number of ether oxygens (including phenoxy) is 1. The number of thiophene rings is 1. The molecule has 3 heterocycles. The molecule has 0 unspecified atom stereocenters. The molecule has 5 aromatic rings.